The topological polar surface area (TPSA) is 58.5 Å². The molecule has 2 fully saturated rings. The molecule has 0 aromatic carbocycles. The van der Waals surface area contributed by atoms with Crippen molar-refractivity contribution in [1.82, 2.24) is 29.7 Å². The quantitative estimate of drug-likeness (QED) is 0.599. The summed E-state index contributed by atoms with van der Waals surface area (Å²) < 4.78 is 7.65. The van der Waals surface area contributed by atoms with Gasteiger partial charge in [0.25, 0.3) is 0 Å². The Kier molecular flexibility index (Phi) is 5.93. The summed E-state index contributed by atoms with van der Waals surface area (Å²) in [4.78, 5) is 14.0. The van der Waals surface area contributed by atoms with Gasteiger partial charge in [-0.1, -0.05) is 12.1 Å². The van der Waals surface area contributed by atoms with Gasteiger partial charge in [-0.3, -0.25) is 9.88 Å². The molecule has 5 heterocycles. The Morgan fingerprint density at radius 2 is 1.77 bits per heavy atom. The van der Waals surface area contributed by atoms with Crippen molar-refractivity contribution in [2.24, 2.45) is 0 Å². The first-order valence-electron chi connectivity index (χ1n) is 10.7. The molecular weight excluding hydrogens is 408 g/mol. The summed E-state index contributed by atoms with van der Waals surface area (Å²) in [6, 6.07) is 16.2. The van der Waals surface area contributed by atoms with Crippen LogP contribution in [0.2, 0.25) is 0 Å². The first-order valence-corrected chi connectivity index (χ1v) is 11.1. The third-order valence-corrected chi connectivity index (χ3v) is 6.29. The van der Waals surface area contributed by atoms with Crippen molar-refractivity contribution in [3.05, 3.63) is 78.5 Å². The van der Waals surface area contributed by atoms with Gasteiger partial charge in [0.1, 0.15) is 5.82 Å². The van der Waals surface area contributed by atoms with Crippen molar-refractivity contribution >= 4 is 17.3 Å². The first kappa shape index (κ1) is 20.1. The van der Waals surface area contributed by atoms with E-state index in [9.17, 15) is 0 Å². The van der Waals surface area contributed by atoms with Crippen LogP contribution in [0.25, 0.3) is 5.82 Å². The highest BCUT2D eigenvalue weighted by atomic mass is 32.1. The van der Waals surface area contributed by atoms with Crippen LogP contribution in [-0.4, -0.2) is 68.8 Å². The molecule has 2 saturated heterocycles. The summed E-state index contributed by atoms with van der Waals surface area (Å²) in [5.74, 6) is 0.896. The van der Waals surface area contributed by atoms with Gasteiger partial charge in [-0.15, -0.1) is 0 Å². The predicted molar refractivity (Wildman–Crippen MR) is 123 cm³/mol. The van der Waals surface area contributed by atoms with Crippen molar-refractivity contribution in [2.45, 2.75) is 12.1 Å². The van der Waals surface area contributed by atoms with Gasteiger partial charge in [-0.25, -0.2) is 4.98 Å². The van der Waals surface area contributed by atoms with E-state index < -0.39 is 0 Å². The molecule has 0 amide bonds. The number of ether oxygens (including phenoxy) is 1. The van der Waals surface area contributed by atoms with E-state index in [1.54, 1.807) is 0 Å². The van der Waals surface area contributed by atoms with Gasteiger partial charge in [0.15, 0.2) is 5.11 Å². The number of morpholine rings is 1. The first-order chi connectivity index (χ1) is 15.3. The maximum absolute atomic E-state index is 5.81. The van der Waals surface area contributed by atoms with Crippen LogP contribution in [0.1, 0.15) is 23.5 Å². The Bertz CT molecular complexity index is 1010. The minimum Gasteiger partial charge on any atom is -0.379 e. The van der Waals surface area contributed by atoms with E-state index in [-0.39, 0.29) is 12.1 Å². The number of thiocarbonyl (C=S) groups is 1. The molecule has 3 aromatic heterocycles. The summed E-state index contributed by atoms with van der Waals surface area (Å²) in [6.45, 7) is 5.31. The number of hydrogen-bond acceptors (Lipinski definition) is 5. The lowest BCUT2D eigenvalue weighted by Crippen LogP contribution is -2.42. The highest BCUT2D eigenvalue weighted by Gasteiger charge is 2.41. The van der Waals surface area contributed by atoms with E-state index in [4.69, 9.17) is 17.0 Å². The summed E-state index contributed by atoms with van der Waals surface area (Å²) in [7, 11) is 0. The van der Waals surface area contributed by atoms with Gasteiger partial charge in [0.2, 0.25) is 0 Å². The summed E-state index contributed by atoms with van der Waals surface area (Å²) >= 11 is 5.81. The molecular formula is C23H26N6OS. The zero-order valence-electron chi connectivity index (χ0n) is 17.3. The molecule has 7 nitrogen and oxygen atoms in total. The van der Waals surface area contributed by atoms with Gasteiger partial charge in [-0.05, 0) is 48.6 Å². The predicted octanol–water partition coefficient (Wildman–Crippen LogP) is 2.57. The standard InChI is InChI=1S/C23H26N6OS/c31-23-26-21(18-6-1-3-9-24-18)22(29(23)13-12-27-14-16-30-17-15-27)19-7-5-11-28(19)20-8-2-4-10-25-20/h1-11,21-22H,12-17H2,(H,26,31)/t21-,22-/m0/s1. The van der Waals surface area contributed by atoms with Gasteiger partial charge >= 0.3 is 0 Å². The maximum atomic E-state index is 5.81. The van der Waals surface area contributed by atoms with Crippen molar-refractivity contribution in [3.8, 4) is 5.82 Å². The number of nitrogens with one attached hydrogen (secondary N) is 1. The largest absolute Gasteiger partial charge is 0.379 e. The molecule has 0 aliphatic carbocycles. The Labute approximate surface area is 187 Å². The lowest BCUT2D eigenvalue weighted by Gasteiger charge is -2.32. The smallest absolute Gasteiger partial charge is 0.170 e. The third-order valence-electron chi connectivity index (χ3n) is 5.94. The Hall–Kier alpha value is -2.81. The molecule has 0 spiro atoms. The van der Waals surface area contributed by atoms with Crippen molar-refractivity contribution in [1.29, 1.82) is 0 Å². The van der Waals surface area contributed by atoms with E-state index in [1.807, 2.05) is 42.7 Å². The SMILES string of the molecule is S=C1N[C@@H](c2ccccn2)[C@H](c2cccn2-c2ccccn2)N1CCN1CCOCC1. The van der Waals surface area contributed by atoms with E-state index in [1.165, 1.54) is 0 Å². The molecule has 2 aliphatic heterocycles. The highest BCUT2D eigenvalue weighted by molar-refractivity contribution is 7.80. The zero-order chi connectivity index (χ0) is 21.0. The lowest BCUT2D eigenvalue weighted by molar-refractivity contribution is 0.0349. The fraction of sp³-hybridized carbons (Fsp3) is 0.348. The molecule has 1 N–H and O–H groups in total. The van der Waals surface area contributed by atoms with Crippen LogP contribution in [0, 0.1) is 0 Å². The molecule has 8 heteroatoms. The minimum atomic E-state index is -0.0317. The molecule has 3 aromatic rings. The van der Waals surface area contributed by atoms with Crippen LogP contribution >= 0.6 is 12.2 Å². The normalized spacial score (nSPS) is 21.9. The van der Waals surface area contributed by atoms with Crippen LogP contribution in [0.15, 0.2) is 67.1 Å². The lowest BCUT2D eigenvalue weighted by atomic mass is 10.0. The maximum Gasteiger partial charge on any atom is 0.170 e. The average Bonchev–Trinajstić information content (AvgIpc) is 3.44. The monoisotopic (exact) mass is 434 g/mol. The number of pyridine rings is 2. The number of rotatable bonds is 6. The molecule has 2 atom stereocenters. The molecule has 2 aliphatic rings. The van der Waals surface area contributed by atoms with Crippen LogP contribution in [0.5, 0.6) is 0 Å². The van der Waals surface area contributed by atoms with Crippen molar-refractivity contribution < 1.29 is 4.74 Å². The molecule has 0 radical (unpaired) electrons. The van der Waals surface area contributed by atoms with Crippen molar-refractivity contribution in [2.75, 3.05) is 39.4 Å². The zero-order valence-corrected chi connectivity index (χ0v) is 18.1. The van der Waals surface area contributed by atoms with E-state index in [0.29, 0.717) is 0 Å². The van der Waals surface area contributed by atoms with Gasteiger partial charge < -0.3 is 19.5 Å². The Morgan fingerprint density at radius 1 is 0.968 bits per heavy atom. The fourth-order valence-corrected chi connectivity index (χ4v) is 4.71. The summed E-state index contributed by atoms with van der Waals surface area (Å²) in [6.07, 6.45) is 5.73. The number of hydrogen-bond donors (Lipinski definition) is 1. The molecule has 0 bridgehead atoms. The second kappa shape index (κ2) is 9.13. The van der Waals surface area contributed by atoms with Gasteiger partial charge in [0, 0.05) is 50.5 Å². The van der Waals surface area contributed by atoms with Crippen LogP contribution in [0.3, 0.4) is 0 Å². The molecule has 0 saturated carbocycles. The van der Waals surface area contributed by atoms with Gasteiger partial charge in [-0.2, -0.15) is 0 Å². The number of nitrogens with zero attached hydrogens (tertiary/aromatic N) is 5. The second-order valence-electron chi connectivity index (χ2n) is 7.77. The average molecular weight is 435 g/mol. The molecule has 31 heavy (non-hydrogen) atoms. The fourth-order valence-electron chi connectivity index (χ4n) is 4.38. The van der Waals surface area contributed by atoms with E-state index in [2.05, 4.69) is 54.0 Å². The van der Waals surface area contributed by atoms with Crippen LogP contribution in [0.4, 0.5) is 0 Å². The van der Waals surface area contributed by atoms with Gasteiger partial charge in [0.05, 0.1) is 31.0 Å². The second-order valence-corrected chi connectivity index (χ2v) is 8.15. The molecule has 160 valence electrons. The Morgan fingerprint density at radius 3 is 2.52 bits per heavy atom. The Balaban J connectivity index is 1.49. The number of aromatic nitrogens is 3. The van der Waals surface area contributed by atoms with E-state index >= 15 is 0 Å². The summed E-state index contributed by atoms with van der Waals surface area (Å²) in [5, 5.41) is 4.31. The molecule has 5 rings (SSSR count). The van der Waals surface area contributed by atoms with Crippen molar-refractivity contribution in [3.63, 3.8) is 0 Å². The van der Waals surface area contributed by atoms with Crippen LogP contribution < -0.4 is 5.32 Å². The van der Waals surface area contributed by atoms with Crippen LogP contribution in [-0.2, 0) is 4.74 Å². The molecule has 0 unspecified atom stereocenters. The van der Waals surface area contributed by atoms with E-state index in [0.717, 1.165) is 61.7 Å². The summed E-state index contributed by atoms with van der Waals surface area (Å²) in [5.41, 5.74) is 2.13. The minimum absolute atomic E-state index is 0.0143. The third kappa shape index (κ3) is 4.19. The highest BCUT2D eigenvalue weighted by Crippen LogP contribution is 2.39.